The molecule has 9 heavy (non-hydrogen) atoms. The average molecular weight is 127 g/mol. The molecule has 3 nitrogen and oxygen atoms in total. The molecule has 1 heterocycles. The molecule has 0 aromatic heterocycles. The summed E-state index contributed by atoms with van der Waals surface area (Å²) in [6, 6.07) is -0.0334. The van der Waals surface area contributed by atoms with Gasteiger partial charge in [0.25, 0.3) is 0 Å². The van der Waals surface area contributed by atoms with Gasteiger partial charge < -0.3 is 4.90 Å². The minimum atomic E-state index is -0.0334. The van der Waals surface area contributed by atoms with Gasteiger partial charge in [0.15, 0.2) is 0 Å². The normalized spacial score (nSPS) is 26.9. The highest BCUT2D eigenvalue weighted by Crippen LogP contribution is 2.06. The predicted molar refractivity (Wildman–Crippen MR) is 33.8 cm³/mol. The van der Waals surface area contributed by atoms with Gasteiger partial charge >= 0.3 is 0 Å². The molecule has 0 aromatic carbocycles. The summed E-state index contributed by atoms with van der Waals surface area (Å²) in [5, 5.41) is 0. The van der Waals surface area contributed by atoms with Crippen LogP contribution in [-0.2, 0) is 4.79 Å². The lowest BCUT2D eigenvalue weighted by Gasteiger charge is -2.11. The molecule has 1 saturated heterocycles. The molecule has 1 N–H and O–H groups in total. The van der Waals surface area contributed by atoms with Crippen molar-refractivity contribution in [3.05, 3.63) is 0 Å². The number of rotatable bonds is 0. The largest absolute Gasteiger partial charge is 0.341 e. The van der Waals surface area contributed by atoms with Crippen LogP contribution in [0, 0.1) is 0 Å². The van der Waals surface area contributed by atoms with Gasteiger partial charge in [-0.1, -0.05) is 0 Å². The fraction of sp³-hybridized carbons (Fsp3) is 0.833. The van der Waals surface area contributed by atoms with Crippen LogP contribution in [0.3, 0.4) is 0 Å². The number of hydrogen-bond acceptors (Lipinski definition) is 1. The average Bonchev–Trinajstić information content (AvgIpc) is 2.14. The Morgan fingerprint density at radius 2 is 2.44 bits per heavy atom. The molecule has 0 aromatic rings. The van der Waals surface area contributed by atoms with E-state index in [9.17, 15) is 4.79 Å². The summed E-state index contributed by atoms with van der Waals surface area (Å²) in [6.45, 7) is 2.97. The Hall–Kier alpha value is -0.570. The SMILES string of the molecule is CC(=O)N1CCC([NH])C1. The second kappa shape index (κ2) is 2.35. The number of nitrogens with one attached hydrogen (secondary N) is 1. The second-order valence-electron chi connectivity index (χ2n) is 2.45. The van der Waals surface area contributed by atoms with E-state index in [0.717, 1.165) is 13.0 Å². The molecule has 0 spiro atoms. The van der Waals surface area contributed by atoms with Crippen LogP contribution in [0.4, 0.5) is 0 Å². The molecule has 1 radical (unpaired) electrons. The Morgan fingerprint density at radius 3 is 2.67 bits per heavy atom. The van der Waals surface area contributed by atoms with Gasteiger partial charge in [0.1, 0.15) is 0 Å². The zero-order chi connectivity index (χ0) is 6.85. The van der Waals surface area contributed by atoms with Crippen LogP contribution in [0.5, 0.6) is 0 Å². The van der Waals surface area contributed by atoms with Crippen molar-refractivity contribution in [1.29, 1.82) is 0 Å². The summed E-state index contributed by atoms with van der Waals surface area (Å²) in [5.74, 6) is 0.102. The number of nitrogens with zero attached hydrogens (tertiary/aromatic N) is 1. The molecule has 1 atom stereocenters. The van der Waals surface area contributed by atoms with Gasteiger partial charge in [-0.05, 0) is 6.42 Å². The number of carbonyl (C=O) groups is 1. The van der Waals surface area contributed by atoms with Gasteiger partial charge in [-0.25, -0.2) is 0 Å². The maximum Gasteiger partial charge on any atom is 0.219 e. The molecule has 0 saturated carbocycles. The topological polar surface area (TPSA) is 44.1 Å². The maximum absolute atomic E-state index is 10.6. The van der Waals surface area contributed by atoms with Crippen LogP contribution >= 0.6 is 0 Å². The van der Waals surface area contributed by atoms with Gasteiger partial charge in [-0.2, -0.15) is 0 Å². The van der Waals surface area contributed by atoms with Gasteiger partial charge in [0.05, 0.1) is 0 Å². The molecule has 1 aliphatic rings. The van der Waals surface area contributed by atoms with Crippen molar-refractivity contribution < 1.29 is 4.79 Å². The summed E-state index contributed by atoms with van der Waals surface area (Å²) < 4.78 is 0. The third-order valence-corrected chi connectivity index (χ3v) is 1.63. The van der Waals surface area contributed by atoms with Gasteiger partial charge in [0, 0.05) is 26.1 Å². The van der Waals surface area contributed by atoms with Crippen LogP contribution in [0.15, 0.2) is 0 Å². The van der Waals surface area contributed by atoms with E-state index in [1.807, 2.05) is 0 Å². The first-order valence-electron chi connectivity index (χ1n) is 3.17. The van der Waals surface area contributed by atoms with E-state index in [2.05, 4.69) is 0 Å². The van der Waals surface area contributed by atoms with E-state index in [0.29, 0.717) is 6.54 Å². The van der Waals surface area contributed by atoms with Crippen molar-refractivity contribution >= 4 is 5.91 Å². The van der Waals surface area contributed by atoms with E-state index >= 15 is 0 Å². The van der Waals surface area contributed by atoms with Crippen LogP contribution in [0.25, 0.3) is 0 Å². The van der Waals surface area contributed by atoms with Crippen molar-refractivity contribution in [3.8, 4) is 0 Å². The predicted octanol–water partition coefficient (Wildman–Crippen LogP) is -0.110. The molecule has 0 aliphatic carbocycles. The minimum Gasteiger partial charge on any atom is -0.341 e. The lowest BCUT2D eigenvalue weighted by atomic mass is 10.3. The highest BCUT2D eigenvalue weighted by Gasteiger charge is 2.20. The standard InChI is InChI=1S/C6H11N2O/c1-5(9)8-3-2-6(7)4-8/h6-7H,2-4H2,1H3. The summed E-state index contributed by atoms with van der Waals surface area (Å²) in [5.41, 5.74) is 7.26. The Labute approximate surface area is 54.8 Å². The van der Waals surface area contributed by atoms with Crippen molar-refractivity contribution in [2.24, 2.45) is 0 Å². The van der Waals surface area contributed by atoms with Crippen LogP contribution in [0.2, 0.25) is 0 Å². The van der Waals surface area contributed by atoms with E-state index in [1.165, 1.54) is 0 Å². The second-order valence-corrected chi connectivity index (χ2v) is 2.45. The Bertz CT molecular complexity index is 124. The van der Waals surface area contributed by atoms with E-state index in [1.54, 1.807) is 11.8 Å². The molecule has 1 amide bonds. The van der Waals surface area contributed by atoms with Crippen molar-refractivity contribution in [2.45, 2.75) is 19.4 Å². The highest BCUT2D eigenvalue weighted by molar-refractivity contribution is 5.73. The third-order valence-electron chi connectivity index (χ3n) is 1.63. The van der Waals surface area contributed by atoms with Crippen molar-refractivity contribution in [2.75, 3.05) is 13.1 Å². The smallest absolute Gasteiger partial charge is 0.219 e. The highest BCUT2D eigenvalue weighted by atomic mass is 16.2. The number of carbonyl (C=O) groups excluding carboxylic acids is 1. The molecule has 1 rings (SSSR count). The van der Waals surface area contributed by atoms with Crippen LogP contribution in [0.1, 0.15) is 13.3 Å². The van der Waals surface area contributed by atoms with Gasteiger partial charge in [0.2, 0.25) is 5.91 Å². The number of likely N-dealkylation sites (tertiary alicyclic amines) is 1. The van der Waals surface area contributed by atoms with Crippen molar-refractivity contribution in [1.82, 2.24) is 10.6 Å². The fourth-order valence-electron chi connectivity index (χ4n) is 1.05. The van der Waals surface area contributed by atoms with E-state index < -0.39 is 0 Å². The lowest BCUT2D eigenvalue weighted by molar-refractivity contribution is -0.127. The third kappa shape index (κ3) is 1.42. The molecule has 0 bridgehead atoms. The molecule has 1 unspecified atom stereocenters. The molecule has 1 fully saturated rings. The molecule has 3 heteroatoms. The van der Waals surface area contributed by atoms with Crippen LogP contribution in [-0.4, -0.2) is 29.9 Å². The first-order valence-corrected chi connectivity index (χ1v) is 3.17. The molecular formula is C6H11N2O. The van der Waals surface area contributed by atoms with E-state index in [-0.39, 0.29) is 11.9 Å². The Kier molecular flexibility index (Phi) is 1.71. The Morgan fingerprint density at radius 1 is 1.78 bits per heavy atom. The van der Waals surface area contributed by atoms with Gasteiger partial charge in [-0.3, -0.25) is 10.5 Å². The summed E-state index contributed by atoms with van der Waals surface area (Å²) in [7, 11) is 0. The quantitative estimate of drug-likeness (QED) is 0.447. The molecule has 51 valence electrons. The number of hydrogen-bond donors (Lipinski definition) is 0. The number of amides is 1. The minimum absolute atomic E-state index is 0.0334. The van der Waals surface area contributed by atoms with E-state index in [4.69, 9.17) is 5.73 Å². The first kappa shape index (κ1) is 6.55. The van der Waals surface area contributed by atoms with Gasteiger partial charge in [-0.15, -0.1) is 0 Å². The summed E-state index contributed by atoms with van der Waals surface area (Å²) in [6.07, 6.45) is 0.847. The molecule has 1 aliphatic heterocycles. The maximum atomic E-state index is 10.6. The monoisotopic (exact) mass is 127 g/mol. The van der Waals surface area contributed by atoms with Crippen LogP contribution < -0.4 is 5.73 Å². The molecular weight excluding hydrogens is 116 g/mol. The lowest BCUT2D eigenvalue weighted by Crippen LogP contribution is -2.27. The zero-order valence-corrected chi connectivity index (χ0v) is 5.55. The fourth-order valence-corrected chi connectivity index (χ4v) is 1.05. The Balaban J connectivity index is 2.39. The zero-order valence-electron chi connectivity index (χ0n) is 5.55. The first-order chi connectivity index (χ1) is 4.20. The van der Waals surface area contributed by atoms with Crippen molar-refractivity contribution in [3.63, 3.8) is 0 Å². The summed E-state index contributed by atoms with van der Waals surface area (Å²) in [4.78, 5) is 12.4. The summed E-state index contributed by atoms with van der Waals surface area (Å²) >= 11 is 0.